The SMILES string of the molecule is CC1CCCN(Cc2ccc(C=C(C#N)C#N)cc2F)C1. The smallest absolute Gasteiger partial charge is 0.130 e. The van der Waals surface area contributed by atoms with E-state index in [4.69, 9.17) is 10.5 Å². The standard InChI is InChI=1S/C17H18FN3/c1-13-3-2-6-21(11-13)12-16-5-4-14(8-17(16)18)7-15(9-19)10-20/h4-5,7-8,13H,2-3,6,11-12H2,1H3. The van der Waals surface area contributed by atoms with E-state index >= 15 is 0 Å². The van der Waals surface area contributed by atoms with E-state index in [0.29, 0.717) is 23.6 Å². The molecule has 1 atom stereocenters. The average molecular weight is 283 g/mol. The largest absolute Gasteiger partial charge is 0.299 e. The topological polar surface area (TPSA) is 50.8 Å². The van der Waals surface area contributed by atoms with Crippen LogP contribution in [-0.2, 0) is 6.54 Å². The van der Waals surface area contributed by atoms with Crippen LogP contribution in [0, 0.1) is 34.4 Å². The van der Waals surface area contributed by atoms with Crippen LogP contribution in [0.4, 0.5) is 4.39 Å². The lowest BCUT2D eigenvalue weighted by molar-refractivity contribution is 0.175. The van der Waals surface area contributed by atoms with Gasteiger partial charge >= 0.3 is 0 Å². The van der Waals surface area contributed by atoms with E-state index in [0.717, 1.165) is 19.5 Å². The highest BCUT2D eigenvalue weighted by atomic mass is 19.1. The predicted molar refractivity (Wildman–Crippen MR) is 79.3 cm³/mol. The molecule has 21 heavy (non-hydrogen) atoms. The molecule has 0 aliphatic carbocycles. The minimum atomic E-state index is -0.280. The van der Waals surface area contributed by atoms with Crippen LogP contribution in [-0.4, -0.2) is 18.0 Å². The number of nitriles is 2. The number of halogens is 1. The molecule has 0 saturated carbocycles. The number of rotatable bonds is 3. The summed E-state index contributed by atoms with van der Waals surface area (Å²) in [5.74, 6) is 0.384. The van der Waals surface area contributed by atoms with Crippen molar-refractivity contribution in [3.05, 3.63) is 40.7 Å². The van der Waals surface area contributed by atoms with Crippen LogP contribution in [0.5, 0.6) is 0 Å². The van der Waals surface area contributed by atoms with Crippen LogP contribution in [0.25, 0.3) is 6.08 Å². The fourth-order valence-electron chi connectivity index (χ4n) is 2.71. The van der Waals surface area contributed by atoms with Gasteiger partial charge in [-0.1, -0.05) is 19.1 Å². The Morgan fingerprint density at radius 2 is 2.19 bits per heavy atom. The van der Waals surface area contributed by atoms with Crippen LogP contribution >= 0.6 is 0 Å². The first kappa shape index (κ1) is 15.2. The number of hydrogen-bond donors (Lipinski definition) is 0. The molecule has 0 N–H and O–H groups in total. The van der Waals surface area contributed by atoms with Gasteiger partial charge in [-0.2, -0.15) is 10.5 Å². The molecular weight excluding hydrogens is 265 g/mol. The van der Waals surface area contributed by atoms with Crippen LogP contribution < -0.4 is 0 Å². The highest BCUT2D eigenvalue weighted by molar-refractivity contribution is 5.62. The van der Waals surface area contributed by atoms with Gasteiger partial charge in [0.05, 0.1) is 0 Å². The second-order valence-corrected chi connectivity index (χ2v) is 5.61. The van der Waals surface area contributed by atoms with Gasteiger partial charge in [0.1, 0.15) is 23.5 Å². The Kier molecular flexibility index (Phi) is 5.09. The lowest BCUT2D eigenvalue weighted by Gasteiger charge is -2.30. The fourth-order valence-corrected chi connectivity index (χ4v) is 2.71. The van der Waals surface area contributed by atoms with Gasteiger partial charge in [-0.05, 0) is 43.0 Å². The average Bonchev–Trinajstić information content (AvgIpc) is 2.47. The second-order valence-electron chi connectivity index (χ2n) is 5.61. The van der Waals surface area contributed by atoms with Gasteiger partial charge in [-0.3, -0.25) is 4.90 Å². The zero-order valence-corrected chi connectivity index (χ0v) is 12.1. The molecule has 1 saturated heterocycles. The summed E-state index contributed by atoms with van der Waals surface area (Å²) >= 11 is 0. The molecule has 4 heteroatoms. The molecule has 1 aromatic carbocycles. The zero-order valence-electron chi connectivity index (χ0n) is 12.1. The van der Waals surface area contributed by atoms with Crippen molar-refractivity contribution in [2.24, 2.45) is 5.92 Å². The van der Waals surface area contributed by atoms with E-state index in [1.165, 1.54) is 18.6 Å². The molecule has 0 spiro atoms. The van der Waals surface area contributed by atoms with Crippen LogP contribution in [0.15, 0.2) is 23.8 Å². The van der Waals surface area contributed by atoms with Crippen molar-refractivity contribution in [2.45, 2.75) is 26.3 Å². The minimum Gasteiger partial charge on any atom is -0.299 e. The molecule has 1 heterocycles. The van der Waals surface area contributed by atoms with Gasteiger partial charge < -0.3 is 0 Å². The Morgan fingerprint density at radius 1 is 1.43 bits per heavy atom. The molecule has 1 fully saturated rings. The van der Waals surface area contributed by atoms with Crippen molar-refractivity contribution in [3.63, 3.8) is 0 Å². The Balaban J connectivity index is 2.11. The summed E-state index contributed by atoms with van der Waals surface area (Å²) in [5, 5.41) is 17.4. The lowest BCUT2D eigenvalue weighted by atomic mass is 9.99. The van der Waals surface area contributed by atoms with E-state index in [9.17, 15) is 4.39 Å². The Morgan fingerprint density at radius 3 is 2.81 bits per heavy atom. The second kappa shape index (κ2) is 7.02. The summed E-state index contributed by atoms with van der Waals surface area (Å²) in [4.78, 5) is 2.28. The van der Waals surface area contributed by atoms with Crippen molar-refractivity contribution >= 4 is 6.08 Å². The fraction of sp³-hybridized carbons (Fsp3) is 0.412. The van der Waals surface area contributed by atoms with Crippen LogP contribution in [0.3, 0.4) is 0 Å². The number of hydrogen-bond acceptors (Lipinski definition) is 3. The molecule has 0 radical (unpaired) electrons. The number of piperidine rings is 1. The van der Waals surface area contributed by atoms with Gasteiger partial charge in [-0.25, -0.2) is 4.39 Å². The summed E-state index contributed by atoms with van der Waals surface area (Å²) in [6, 6.07) is 8.43. The number of likely N-dealkylation sites (tertiary alicyclic amines) is 1. The molecular formula is C17H18FN3. The monoisotopic (exact) mass is 283 g/mol. The van der Waals surface area contributed by atoms with Gasteiger partial charge in [0.2, 0.25) is 0 Å². The van der Waals surface area contributed by atoms with E-state index in [-0.39, 0.29) is 11.4 Å². The molecule has 1 unspecified atom stereocenters. The van der Waals surface area contributed by atoms with Gasteiger partial charge in [0.15, 0.2) is 0 Å². The van der Waals surface area contributed by atoms with Crippen molar-refractivity contribution in [1.82, 2.24) is 4.90 Å². The molecule has 2 rings (SSSR count). The summed E-state index contributed by atoms with van der Waals surface area (Å²) in [5.41, 5.74) is 1.19. The summed E-state index contributed by atoms with van der Waals surface area (Å²) in [6.45, 7) is 4.86. The number of benzene rings is 1. The van der Waals surface area contributed by atoms with Crippen molar-refractivity contribution < 1.29 is 4.39 Å². The molecule has 1 aliphatic rings. The highest BCUT2D eigenvalue weighted by Crippen LogP contribution is 2.20. The maximum Gasteiger partial charge on any atom is 0.130 e. The van der Waals surface area contributed by atoms with E-state index in [1.54, 1.807) is 24.3 Å². The Labute approximate surface area is 124 Å². The molecule has 1 aliphatic heterocycles. The first-order valence-corrected chi connectivity index (χ1v) is 7.15. The lowest BCUT2D eigenvalue weighted by Crippen LogP contribution is -2.33. The molecule has 0 bridgehead atoms. The maximum absolute atomic E-state index is 14.1. The molecule has 0 aromatic heterocycles. The van der Waals surface area contributed by atoms with E-state index in [1.807, 2.05) is 0 Å². The van der Waals surface area contributed by atoms with Crippen molar-refractivity contribution in [1.29, 1.82) is 10.5 Å². The third kappa shape index (κ3) is 4.15. The summed E-state index contributed by atoms with van der Waals surface area (Å²) < 4.78 is 14.1. The highest BCUT2D eigenvalue weighted by Gasteiger charge is 2.17. The molecule has 108 valence electrons. The predicted octanol–water partition coefficient (Wildman–Crippen LogP) is 3.49. The molecule has 1 aromatic rings. The van der Waals surface area contributed by atoms with E-state index in [2.05, 4.69) is 11.8 Å². The maximum atomic E-state index is 14.1. The number of nitrogens with zero attached hydrogens (tertiary/aromatic N) is 3. The first-order valence-electron chi connectivity index (χ1n) is 7.15. The third-order valence-corrected chi connectivity index (χ3v) is 3.76. The summed E-state index contributed by atoms with van der Waals surface area (Å²) in [6.07, 6.45) is 3.81. The van der Waals surface area contributed by atoms with E-state index < -0.39 is 0 Å². The molecule has 0 amide bonds. The first-order chi connectivity index (χ1) is 10.1. The summed E-state index contributed by atoms with van der Waals surface area (Å²) in [7, 11) is 0. The third-order valence-electron chi connectivity index (χ3n) is 3.76. The van der Waals surface area contributed by atoms with Crippen molar-refractivity contribution in [2.75, 3.05) is 13.1 Å². The van der Waals surface area contributed by atoms with Gasteiger partial charge in [0, 0.05) is 18.7 Å². The Bertz CT molecular complexity index is 606. The normalized spacial score (nSPS) is 18.6. The minimum absolute atomic E-state index is 0.0213. The zero-order chi connectivity index (χ0) is 15.2. The molecule has 3 nitrogen and oxygen atoms in total. The Hall–Kier alpha value is -2.17. The van der Waals surface area contributed by atoms with Gasteiger partial charge in [0.25, 0.3) is 0 Å². The van der Waals surface area contributed by atoms with Crippen molar-refractivity contribution in [3.8, 4) is 12.1 Å². The number of allylic oxidation sites excluding steroid dienone is 1. The van der Waals surface area contributed by atoms with Crippen LogP contribution in [0.1, 0.15) is 30.9 Å². The van der Waals surface area contributed by atoms with Gasteiger partial charge in [-0.15, -0.1) is 0 Å². The quantitative estimate of drug-likeness (QED) is 0.798. The van der Waals surface area contributed by atoms with Crippen LogP contribution in [0.2, 0.25) is 0 Å².